The molecule has 0 aliphatic carbocycles. The van der Waals surface area contributed by atoms with Crippen LogP contribution in [0.1, 0.15) is 56.5 Å². The third-order valence-corrected chi connectivity index (χ3v) is 7.30. The van der Waals surface area contributed by atoms with Crippen molar-refractivity contribution >= 4 is 34.6 Å². The van der Waals surface area contributed by atoms with Crippen molar-refractivity contribution < 1.29 is 0 Å². The van der Waals surface area contributed by atoms with Crippen LogP contribution >= 0.6 is 23.8 Å². The third-order valence-electron chi connectivity index (χ3n) is 6.69. The van der Waals surface area contributed by atoms with Crippen LogP contribution < -0.4 is 5.32 Å². The number of para-hydroxylation sites is 1. The lowest BCUT2D eigenvalue weighted by Gasteiger charge is -2.30. The van der Waals surface area contributed by atoms with Gasteiger partial charge in [-0.05, 0) is 91.8 Å². The Morgan fingerprint density at radius 3 is 2.13 bits per heavy atom. The predicted molar refractivity (Wildman–Crippen MR) is 168 cm³/mol. The standard InChI is InChI=1S/C32H45ClN4S/c1-24(2)20-35(21-25(3)4)17-9-19-37(32(38)34-31-26(5)10-7-11-27(31)6)23-30-12-8-18-36(30)22-28-13-15-29(33)16-14-28/h7-8,10-16,18,24-25H,9,17,19-23H2,1-6H3,(H,34,38). The zero-order valence-electron chi connectivity index (χ0n) is 24.0. The third kappa shape index (κ3) is 9.44. The van der Waals surface area contributed by atoms with Gasteiger partial charge in [-0.3, -0.25) is 0 Å². The molecule has 38 heavy (non-hydrogen) atoms. The lowest BCUT2D eigenvalue weighted by molar-refractivity contribution is 0.209. The molecular formula is C32H45ClN4S. The van der Waals surface area contributed by atoms with Gasteiger partial charge >= 0.3 is 0 Å². The Labute approximate surface area is 241 Å². The Bertz CT molecular complexity index is 1120. The first-order chi connectivity index (χ1) is 18.1. The Morgan fingerprint density at radius 2 is 1.53 bits per heavy atom. The molecule has 3 rings (SSSR count). The van der Waals surface area contributed by atoms with Gasteiger partial charge in [-0.25, -0.2) is 0 Å². The molecule has 0 atom stereocenters. The summed E-state index contributed by atoms with van der Waals surface area (Å²) in [6, 6.07) is 18.8. The zero-order chi connectivity index (χ0) is 27.7. The molecule has 1 heterocycles. The van der Waals surface area contributed by atoms with E-state index >= 15 is 0 Å². The van der Waals surface area contributed by atoms with E-state index in [-0.39, 0.29) is 0 Å². The number of anilines is 1. The van der Waals surface area contributed by atoms with E-state index in [1.165, 1.54) is 22.4 Å². The van der Waals surface area contributed by atoms with E-state index in [4.69, 9.17) is 23.8 Å². The number of rotatable bonds is 13. The van der Waals surface area contributed by atoms with Crippen LogP contribution in [0, 0.1) is 25.7 Å². The summed E-state index contributed by atoms with van der Waals surface area (Å²) in [6.45, 7) is 19.3. The van der Waals surface area contributed by atoms with Crippen LogP contribution in [0.2, 0.25) is 5.02 Å². The average Bonchev–Trinajstić information content (AvgIpc) is 3.27. The van der Waals surface area contributed by atoms with Gasteiger partial charge in [-0.2, -0.15) is 0 Å². The first kappa shape index (κ1) is 30.2. The topological polar surface area (TPSA) is 23.4 Å². The minimum Gasteiger partial charge on any atom is -0.345 e. The molecule has 0 bridgehead atoms. The predicted octanol–water partition coefficient (Wildman–Crippen LogP) is 8.01. The minimum absolute atomic E-state index is 0.660. The molecule has 4 nitrogen and oxygen atoms in total. The fourth-order valence-corrected chi connectivity index (χ4v) is 5.34. The lowest BCUT2D eigenvalue weighted by Crippen LogP contribution is -2.38. The van der Waals surface area contributed by atoms with Gasteiger partial charge in [0, 0.05) is 48.8 Å². The van der Waals surface area contributed by atoms with Crippen molar-refractivity contribution in [3.05, 3.63) is 88.2 Å². The Hall–Kier alpha value is -2.34. The highest BCUT2D eigenvalue weighted by atomic mass is 35.5. The summed E-state index contributed by atoms with van der Waals surface area (Å²) in [4.78, 5) is 4.94. The van der Waals surface area contributed by atoms with Crippen LogP contribution in [0.5, 0.6) is 0 Å². The van der Waals surface area contributed by atoms with E-state index in [1.54, 1.807) is 0 Å². The molecule has 6 heteroatoms. The van der Waals surface area contributed by atoms with Crippen molar-refractivity contribution in [2.24, 2.45) is 11.8 Å². The molecule has 0 saturated heterocycles. The smallest absolute Gasteiger partial charge is 0.173 e. The maximum Gasteiger partial charge on any atom is 0.173 e. The molecule has 0 saturated carbocycles. The lowest BCUT2D eigenvalue weighted by atomic mass is 10.1. The Balaban J connectivity index is 1.76. The van der Waals surface area contributed by atoms with Crippen molar-refractivity contribution in [2.45, 2.75) is 61.1 Å². The molecule has 0 radical (unpaired) electrons. The van der Waals surface area contributed by atoms with Crippen molar-refractivity contribution in [2.75, 3.05) is 31.5 Å². The van der Waals surface area contributed by atoms with Crippen molar-refractivity contribution in [1.29, 1.82) is 0 Å². The highest BCUT2D eigenvalue weighted by Gasteiger charge is 2.16. The van der Waals surface area contributed by atoms with Crippen molar-refractivity contribution in [3.8, 4) is 0 Å². The molecular weight excluding hydrogens is 508 g/mol. The molecule has 0 unspecified atom stereocenters. The number of aromatic nitrogens is 1. The maximum atomic E-state index is 6.11. The minimum atomic E-state index is 0.660. The largest absolute Gasteiger partial charge is 0.345 e. The quantitative estimate of drug-likeness (QED) is 0.217. The molecule has 0 aliphatic heterocycles. The number of nitrogens with zero attached hydrogens (tertiary/aromatic N) is 3. The molecule has 1 N–H and O–H groups in total. The normalized spacial score (nSPS) is 11.5. The van der Waals surface area contributed by atoms with Gasteiger partial charge in [0.1, 0.15) is 0 Å². The number of hydrogen-bond donors (Lipinski definition) is 1. The molecule has 2 aromatic carbocycles. The monoisotopic (exact) mass is 552 g/mol. The van der Waals surface area contributed by atoms with Gasteiger partial charge in [-0.1, -0.05) is 69.6 Å². The molecule has 0 aliphatic rings. The summed E-state index contributed by atoms with van der Waals surface area (Å²) in [5.74, 6) is 1.32. The van der Waals surface area contributed by atoms with Gasteiger partial charge in [-0.15, -0.1) is 0 Å². The zero-order valence-corrected chi connectivity index (χ0v) is 25.6. The maximum absolute atomic E-state index is 6.11. The second-order valence-electron chi connectivity index (χ2n) is 11.3. The summed E-state index contributed by atoms with van der Waals surface area (Å²) in [7, 11) is 0. The SMILES string of the molecule is Cc1cccc(C)c1NC(=S)N(CCCN(CC(C)C)CC(C)C)Cc1cccn1Cc1ccc(Cl)cc1. The number of thiocarbonyl (C=S) groups is 1. The van der Waals surface area contributed by atoms with Crippen molar-refractivity contribution in [3.63, 3.8) is 0 Å². The molecule has 206 valence electrons. The summed E-state index contributed by atoms with van der Waals surface area (Å²) in [6.07, 6.45) is 3.21. The van der Waals surface area contributed by atoms with Crippen LogP contribution in [0.4, 0.5) is 5.69 Å². The molecule has 3 aromatic rings. The van der Waals surface area contributed by atoms with Gasteiger partial charge in [0.05, 0.1) is 6.54 Å². The average molecular weight is 553 g/mol. The molecule has 0 amide bonds. The molecule has 0 spiro atoms. The van der Waals surface area contributed by atoms with Gasteiger partial charge in [0.25, 0.3) is 0 Å². The van der Waals surface area contributed by atoms with Crippen LogP contribution in [-0.2, 0) is 13.1 Å². The van der Waals surface area contributed by atoms with Crippen LogP contribution in [0.25, 0.3) is 0 Å². The highest BCUT2D eigenvalue weighted by Crippen LogP contribution is 2.21. The van der Waals surface area contributed by atoms with Gasteiger partial charge in [0.2, 0.25) is 0 Å². The summed E-state index contributed by atoms with van der Waals surface area (Å²) in [5.41, 5.74) is 6.00. The highest BCUT2D eigenvalue weighted by molar-refractivity contribution is 7.80. The van der Waals surface area contributed by atoms with E-state index in [2.05, 4.69) is 110 Å². The summed E-state index contributed by atoms with van der Waals surface area (Å²) >= 11 is 12.1. The number of benzene rings is 2. The van der Waals surface area contributed by atoms with Crippen LogP contribution in [-0.4, -0.2) is 45.7 Å². The summed E-state index contributed by atoms with van der Waals surface area (Å²) < 4.78 is 2.31. The van der Waals surface area contributed by atoms with E-state index in [0.717, 1.165) is 61.5 Å². The molecule has 1 aromatic heterocycles. The van der Waals surface area contributed by atoms with Gasteiger partial charge in [0.15, 0.2) is 5.11 Å². The molecule has 0 fully saturated rings. The van der Waals surface area contributed by atoms with E-state index in [0.29, 0.717) is 11.8 Å². The van der Waals surface area contributed by atoms with Crippen LogP contribution in [0.3, 0.4) is 0 Å². The van der Waals surface area contributed by atoms with Crippen LogP contribution in [0.15, 0.2) is 60.8 Å². The van der Waals surface area contributed by atoms with E-state index in [9.17, 15) is 0 Å². The first-order valence-corrected chi connectivity index (χ1v) is 14.6. The number of hydrogen-bond acceptors (Lipinski definition) is 2. The second-order valence-corrected chi connectivity index (χ2v) is 12.1. The van der Waals surface area contributed by atoms with E-state index in [1.807, 2.05) is 12.1 Å². The Kier molecular flexibility index (Phi) is 11.7. The fourth-order valence-electron chi connectivity index (χ4n) is 4.95. The second kappa shape index (κ2) is 14.7. The van der Waals surface area contributed by atoms with Crippen molar-refractivity contribution in [1.82, 2.24) is 14.4 Å². The number of nitrogens with one attached hydrogen (secondary N) is 1. The fraction of sp³-hybridized carbons (Fsp3) is 0.469. The van der Waals surface area contributed by atoms with E-state index < -0.39 is 0 Å². The summed E-state index contributed by atoms with van der Waals surface area (Å²) in [5, 5.41) is 5.13. The number of halogens is 1. The Morgan fingerprint density at radius 1 is 0.895 bits per heavy atom. The number of aryl methyl sites for hydroxylation is 2. The van der Waals surface area contributed by atoms with Gasteiger partial charge < -0.3 is 19.7 Å². The first-order valence-electron chi connectivity index (χ1n) is 13.8.